The molecule has 3 heterocycles. The Morgan fingerprint density at radius 3 is 2.81 bits per heavy atom. The van der Waals surface area contributed by atoms with E-state index in [1.54, 1.807) is 43.0 Å². The fourth-order valence-electron chi connectivity index (χ4n) is 3.80. The van der Waals surface area contributed by atoms with Crippen LogP contribution in [-0.2, 0) is 10.0 Å². The summed E-state index contributed by atoms with van der Waals surface area (Å²) in [5.74, 6) is 0.477. The Labute approximate surface area is 158 Å². The molecule has 9 heteroatoms. The minimum Gasteiger partial charge on any atom is -0.436 e. The lowest BCUT2D eigenvalue weighted by molar-refractivity contribution is 0.0624. The Kier molecular flexibility index (Phi) is 4.43. The molecule has 27 heavy (non-hydrogen) atoms. The number of hydrogen-bond acceptors (Lipinski definition) is 6. The highest BCUT2D eigenvalue weighted by molar-refractivity contribution is 7.89. The first-order valence-electron chi connectivity index (χ1n) is 8.96. The van der Waals surface area contributed by atoms with Gasteiger partial charge in [-0.15, -0.1) is 0 Å². The Bertz CT molecular complexity index is 985. The average Bonchev–Trinajstić information content (AvgIpc) is 2.99. The molecule has 2 aliphatic rings. The molecule has 1 aromatic heterocycles. The number of carbonyl (C=O) groups excluding carboxylic acids is 1. The molecule has 2 aromatic rings. The summed E-state index contributed by atoms with van der Waals surface area (Å²) in [6, 6.07) is 6.83. The van der Waals surface area contributed by atoms with Gasteiger partial charge in [0.1, 0.15) is 4.90 Å². The van der Waals surface area contributed by atoms with Crippen molar-refractivity contribution in [2.24, 2.45) is 5.92 Å². The zero-order valence-electron chi connectivity index (χ0n) is 15.2. The number of benzene rings is 1. The van der Waals surface area contributed by atoms with Crippen LogP contribution in [0.2, 0.25) is 0 Å². The molecule has 2 atom stereocenters. The zero-order valence-corrected chi connectivity index (χ0v) is 16.0. The van der Waals surface area contributed by atoms with E-state index in [1.165, 1.54) is 0 Å². The molecule has 0 saturated carbocycles. The lowest BCUT2D eigenvalue weighted by Gasteiger charge is -2.39. The number of anilines is 1. The van der Waals surface area contributed by atoms with E-state index < -0.39 is 16.2 Å². The number of hydrogen-bond donors (Lipinski definition) is 2. The van der Waals surface area contributed by atoms with Gasteiger partial charge in [-0.1, -0.05) is 12.1 Å². The summed E-state index contributed by atoms with van der Waals surface area (Å²) >= 11 is 0. The highest BCUT2D eigenvalue weighted by Gasteiger charge is 2.37. The number of rotatable bonds is 2. The summed E-state index contributed by atoms with van der Waals surface area (Å²) in [4.78, 5) is 19.0. The van der Waals surface area contributed by atoms with E-state index in [-0.39, 0.29) is 22.5 Å². The van der Waals surface area contributed by atoms with Crippen molar-refractivity contribution in [2.45, 2.75) is 37.8 Å². The standard InChI is InChI=1S/C18H22N4O4S/c1-11-16(26-12(2)19-11)18(23)22-9-5-6-13(10-22)17-20-14-7-3-4-8-15(14)27(24,25)21-17/h3-4,7-8,13,17,20-21H,5-6,9-10H2,1-2H3. The maximum Gasteiger partial charge on any atom is 0.291 e. The molecule has 1 fully saturated rings. The zero-order chi connectivity index (χ0) is 19.2. The molecule has 2 N–H and O–H groups in total. The number of piperidine rings is 1. The number of sulfonamides is 1. The number of nitrogens with zero attached hydrogens (tertiary/aromatic N) is 2. The number of amides is 1. The average molecular weight is 390 g/mol. The Morgan fingerprint density at radius 2 is 2.07 bits per heavy atom. The van der Waals surface area contributed by atoms with Gasteiger partial charge in [0.15, 0.2) is 5.89 Å². The number of fused-ring (bicyclic) bond motifs is 1. The van der Waals surface area contributed by atoms with Crippen LogP contribution in [0, 0.1) is 19.8 Å². The molecule has 144 valence electrons. The number of aromatic nitrogens is 1. The third kappa shape index (κ3) is 3.32. The summed E-state index contributed by atoms with van der Waals surface area (Å²) in [6.07, 6.45) is 1.16. The van der Waals surface area contributed by atoms with E-state index in [9.17, 15) is 13.2 Å². The van der Waals surface area contributed by atoms with Gasteiger partial charge in [-0.05, 0) is 31.9 Å². The quantitative estimate of drug-likeness (QED) is 0.811. The monoisotopic (exact) mass is 390 g/mol. The van der Waals surface area contributed by atoms with Gasteiger partial charge >= 0.3 is 0 Å². The number of oxazole rings is 1. The van der Waals surface area contributed by atoms with Crippen LogP contribution < -0.4 is 10.0 Å². The van der Waals surface area contributed by atoms with Crippen LogP contribution in [0.3, 0.4) is 0 Å². The molecule has 0 spiro atoms. The molecular weight excluding hydrogens is 368 g/mol. The minimum absolute atomic E-state index is 0.0462. The summed E-state index contributed by atoms with van der Waals surface area (Å²) in [7, 11) is -3.58. The maximum absolute atomic E-state index is 12.8. The van der Waals surface area contributed by atoms with Gasteiger partial charge in [-0.25, -0.2) is 13.4 Å². The SMILES string of the molecule is Cc1nc(C)c(C(=O)N2CCCC(C3Nc4ccccc4S(=O)(=O)N3)C2)o1. The maximum atomic E-state index is 12.8. The molecule has 8 nitrogen and oxygen atoms in total. The molecule has 0 bridgehead atoms. The van der Waals surface area contributed by atoms with E-state index >= 15 is 0 Å². The van der Waals surface area contributed by atoms with E-state index in [4.69, 9.17) is 4.42 Å². The minimum atomic E-state index is -3.58. The highest BCUT2D eigenvalue weighted by Crippen LogP contribution is 2.30. The van der Waals surface area contributed by atoms with Crippen LogP contribution in [0.25, 0.3) is 0 Å². The second-order valence-corrected chi connectivity index (χ2v) is 8.72. The molecule has 2 aliphatic heterocycles. The van der Waals surface area contributed by atoms with Crippen LogP contribution in [0.1, 0.15) is 35.0 Å². The van der Waals surface area contributed by atoms with Gasteiger partial charge in [0.05, 0.1) is 17.5 Å². The Hall–Kier alpha value is -2.39. The number of likely N-dealkylation sites (tertiary alicyclic amines) is 1. The lowest BCUT2D eigenvalue weighted by atomic mass is 9.94. The second kappa shape index (κ2) is 6.65. The normalized spacial score (nSPS) is 24.1. The number of para-hydroxylation sites is 1. The molecule has 1 amide bonds. The highest BCUT2D eigenvalue weighted by atomic mass is 32.2. The predicted molar refractivity (Wildman–Crippen MR) is 98.8 cm³/mol. The van der Waals surface area contributed by atoms with Crippen LogP contribution in [-0.4, -0.2) is 43.5 Å². The predicted octanol–water partition coefficient (Wildman–Crippen LogP) is 1.87. The summed E-state index contributed by atoms with van der Waals surface area (Å²) in [5.41, 5.74) is 1.16. The summed E-state index contributed by atoms with van der Waals surface area (Å²) in [5, 5.41) is 3.27. The molecule has 1 saturated heterocycles. The van der Waals surface area contributed by atoms with Gasteiger partial charge in [-0.2, -0.15) is 4.72 Å². The molecular formula is C18H22N4O4S. The van der Waals surface area contributed by atoms with Crippen molar-refractivity contribution >= 4 is 21.6 Å². The number of carbonyl (C=O) groups is 1. The van der Waals surface area contributed by atoms with E-state index in [1.807, 2.05) is 0 Å². The molecule has 1 aromatic carbocycles. The van der Waals surface area contributed by atoms with Crippen molar-refractivity contribution in [3.05, 3.63) is 41.6 Å². The van der Waals surface area contributed by atoms with Gasteiger partial charge in [0.25, 0.3) is 5.91 Å². The first-order chi connectivity index (χ1) is 12.8. The topological polar surface area (TPSA) is 105 Å². The largest absolute Gasteiger partial charge is 0.436 e. The third-order valence-electron chi connectivity index (χ3n) is 5.08. The van der Waals surface area contributed by atoms with Crippen LogP contribution in [0.5, 0.6) is 0 Å². The smallest absolute Gasteiger partial charge is 0.291 e. The number of aryl methyl sites for hydroxylation is 2. The van der Waals surface area contributed by atoms with Crippen molar-refractivity contribution in [2.75, 3.05) is 18.4 Å². The Balaban J connectivity index is 1.54. The number of nitrogens with one attached hydrogen (secondary N) is 2. The Morgan fingerprint density at radius 1 is 1.30 bits per heavy atom. The van der Waals surface area contributed by atoms with Crippen LogP contribution in [0.4, 0.5) is 5.69 Å². The van der Waals surface area contributed by atoms with Crippen molar-refractivity contribution in [1.29, 1.82) is 0 Å². The van der Waals surface area contributed by atoms with Gasteiger partial charge < -0.3 is 14.6 Å². The van der Waals surface area contributed by atoms with E-state index in [0.29, 0.717) is 30.4 Å². The summed E-state index contributed by atoms with van der Waals surface area (Å²) < 4.78 is 33.3. The first-order valence-corrected chi connectivity index (χ1v) is 10.4. The lowest BCUT2D eigenvalue weighted by Crippen LogP contribution is -2.54. The van der Waals surface area contributed by atoms with Crippen molar-refractivity contribution in [3.8, 4) is 0 Å². The van der Waals surface area contributed by atoms with Gasteiger partial charge in [0, 0.05) is 25.9 Å². The third-order valence-corrected chi connectivity index (χ3v) is 6.58. The molecule has 2 unspecified atom stereocenters. The fraction of sp³-hybridized carbons (Fsp3) is 0.444. The van der Waals surface area contributed by atoms with E-state index in [0.717, 1.165) is 12.8 Å². The second-order valence-electron chi connectivity index (χ2n) is 7.04. The summed E-state index contributed by atoms with van der Waals surface area (Å²) in [6.45, 7) is 4.52. The van der Waals surface area contributed by atoms with Crippen molar-refractivity contribution in [1.82, 2.24) is 14.6 Å². The van der Waals surface area contributed by atoms with Crippen LogP contribution >= 0.6 is 0 Å². The van der Waals surface area contributed by atoms with Crippen molar-refractivity contribution < 1.29 is 17.6 Å². The molecule has 4 rings (SSSR count). The molecule has 0 aliphatic carbocycles. The molecule has 0 radical (unpaired) electrons. The van der Waals surface area contributed by atoms with Gasteiger partial charge in [0.2, 0.25) is 15.8 Å². The van der Waals surface area contributed by atoms with E-state index in [2.05, 4.69) is 15.0 Å². The van der Waals surface area contributed by atoms with Crippen molar-refractivity contribution in [3.63, 3.8) is 0 Å². The van der Waals surface area contributed by atoms with Crippen LogP contribution in [0.15, 0.2) is 33.6 Å². The first kappa shape index (κ1) is 18.0. The fourth-order valence-corrected chi connectivity index (χ4v) is 5.19. The van der Waals surface area contributed by atoms with Gasteiger partial charge in [-0.3, -0.25) is 4.79 Å².